The summed E-state index contributed by atoms with van der Waals surface area (Å²) in [5, 5.41) is 11.4. The van der Waals surface area contributed by atoms with Crippen LogP contribution in [0.5, 0.6) is 0 Å². The first-order chi connectivity index (χ1) is 9.90. The van der Waals surface area contributed by atoms with Gasteiger partial charge < -0.3 is 11.1 Å². The molecule has 0 atom stereocenters. The molecule has 2 rings (SSSR count). The quantitative estimate of drug-likeness (QED) is 0.827. The Balaban J connectivity index is 1.97. The summed E-state index contributed by atoms with van der Waals surface area (Å²) in [6.07, 6.45) is 0. The molecular weight excluding hydrogens is 286 g/mol. The van der Waals surface area contributed by atoms with Gasteiger partial charge in [-0.25, -0.2) is 0 Å². The van der Waals surface area contributed by atoms with Gasteiger partial charge in [0.05, 0.1) is 5.41 Å². The molecule has 0 fully saturated rings. The van der Waals surface area contributed by atoms with Gasteiger partial charge in [0, 0.05) is 18.5 Å². The van der Waals surface area contributed by atoms with Crippen molar-refractivity contribution in [2.45, 2.75) is 19.0 Å². The molecule has 0 aliphatic rings. The average molecular weight is 305 g/mol. The lowest BCUT2D eigenvalue weighted by Gasteiger charge is -2.22. The Morgan fingerprint density at radius 2 is 2.00 bits per heavy atom. The second kappa shape index (κ2) is 6.17. The zero-order valence-corrected chi connectivity index (χ0v) is 13.1. The molecule has 0 aliphatic carbocycles. The van der Waals surface area contributed by atoms with E-state index < -0.39 is 5.41 Å². The Hall–Kier alpha value is -2.02. The van der Waals surface area contributed by atoms with Gasteiger partial charge in [-0.2, -0.15) is 0 Å². The summed E-state index contributed by atoms with van der Waals surface area (Å²) in [6, 6.07) is 9.42. The van der Waals surface area contributed by atoms with Gasteiger partial charge in [0.1, 0.15) is 0 Å². The smallest absolute Gasteiger partial charge is 0.230 e. The van der Waals surface area contributed by atoms with Crippen LogP contribution >= 0.6 is 11.8 Å². The van der Waals surface area contributed by atoms with Gasteiger partial charge in [-0.15, -0.1) is 10.2 Å². The number of carbonyl (C=O) groups excluding carboxylic acids is 1. The van der Waals surface area contributed by atoms with Gasteiger partial charge in [-0.1, -0.05) is 43.8 Å². The molecule has 0 saturated carbocycles. The van der Waals surface area contributed by atoms with Crippen molar-refractivity contribution in [3.8, 4) is 0 Å². The maximum Gasteiger partial charge on any atom is 0.230 e. The second-order valence-electron chi connectivity index (χ2n) is 5.39. The molecule has 0 bridgehead atoms. The minimum atomic E-state index is -0.540. The predicted molar refractivity (Wildman–Crippen MR) is 85.0 cm³/mol. The van der Waals surface area contributed by atoms with Gasteiger partial charge >= 0.3 is 0 Å². The summed E-state index contributed by atoms with van der Waals surface area (Å²) >= 11 is 1.46. The van der Waals surface area contributed by atoms with E-state index in [1.54, 1.807) is 11.6 Å². The number of para-hydroxylation sites is 1. The molecule has 6 nitrogen and oxygen atoms in total. The monoisotopic (exact) mass is 305 g/mol. The van der Waals surface area contributed by atoms with E-state index in [9.17, 15) is 4.79 Å². The van der Waals surface area contributed by atoms with E-state index in [1.165, 1.54) is 11.8 Å². The van der Waals surface area contributed by atoms with E-state index in [2.05, 4.69) is 15.5 Å². The van der Waals surface area contributed by atoms with Gasteiger partial charge in [0.2, 0.25) is 11.9 Å². The first kappa shape index (κ1) is 15.4. The zero-order valence-electron chi connectivity index (χ0n) is 12.3. The highest BCUT2D eigenvalue weighted by molar-refractivity contribution is 7.99. The zero-order chi connectivity index (χ0) is 15.5. The topological polar surface area (TPSA) is 85.8 Å². The minimum Gasteiger partial charge on any atom is -0.368 e. The van der Waals surface area contributed by atoms with Crippen LogP contribution in [0.4, 0.5) is 11.6 Å². The third-order valence-electron chi connectivity index (χ3n) is 3.08. The summed E-state index contributed by atoms with van der Waals surface area (Å²) in [4.78, 5) is 12.4. The predicted octanol–water partition coefficient (Wildman–Crippen LogP) is 2.15. The van der Waals surface area contributed by atoms with Crippen LogP contribution in [0.3, 0.4) is 0 Å². The molecule has 1 aromatic heterocycles. The van der Waals surface area contributed by atoms with Gasteiger partial charge in [-0.05, 0) is 12.1 Å². The van der Waals surface area contributed by atoms with Crippen LogP contribution in [-0.4, -0.2) is 26.4 Å². The van der Waals surface area contributed by atoms with Crippen LogP contribution in [0.1, 0.15) is 13.8 Å². The Kier molecular flexibility index (Phi) is 4.52. The first-order valence-electron chi connectivity index (χ1n) is 6.54. The largest absolute Gasteiger partial charge is 0.368 e. The highest BCUT2D eigenvalue weighted by atomic mass is 32.2. The summed E-state index contributed by atoms with van der Waals surface area (Å²) in [6.45, 7) is 3.80. The molecule has 0 spiro atoms. The van der Waals surface area contributed by atoms with E-state index >= 15 is 0 Å². The number of benzene rings is 1. The van der Waals surface area contributed by atoms with Crippen LogP contribution < -0.4 is 11.1 Å². The second-order valence-corrected chi connectivity index (χ2v) is 6.33. The molecular formula is C14H19N5OS. The average Bonchev–Trinajstić information content (AvgIpc) is 2.78. The molecule has 2 aromatic rings. The maximum atomic E-state index is 12.4. The minimum absolute atomic E-state index is 0.0312. The number of amides is 1. The van der Waals surface area contributed by atoms with Crippen molar-refractivity contribution in [1.82, 2.24) is 14.8 Å². The lowest BCUT2D eigenvalue weighted by atomic mass is 9.95. The number of aromatic nitrogens is 3. The van der Waals surface area contributed by atoms with Crippen molar-refractivity contribution >= 4 is 29.3 Å². The lowest BCUT2D eigenvalue weighted by molar-refractivity contribution is -0.122. The lowest BCUT2D eigenvalue weighted by Crippen LogP contribution is -2.33. The molecule has 0 unspecified atom stereocenters. The van der Waals surface area contributed by atoms with Crippen LogP contribution in [0.2, 0.25) is 0 Å². The number of hydrogen-bond donors (Lipinski definition) is 2. The van der Waals surface area contributed by atoms with Crippen LogP contribution in [0, 0.1) is 5.41 Å². The number of rotatable bonds is 5. The first-order valence-corrected chi connectivity index (χ1v) is 7.53. The fourth-order valence-electron chi connectivity index (χ4n) is 1.58. The van der Waals surface area contributed by atoms with Crippen LogP contribution in [0.15, 0.2) is 35.5 Å². The SMILES string of the molecule is Cn1c(N)nnc1SCC(C)(C)C(=O)Nc1ccccc1. The fourth-order valence-corrected chi connectivity index (χ4v) is 2.59. The number of nitrogens with two attached hydrogens (primary N) is 1. The van der Waals surface area contributed by atoms with Crippen LogP contribution in [-0.2, 0) is 11.8 Å². The molecule has 112 valence electrons. The number of carbonyl (C=O) groups is 1. The molecule has 1 aromatic carbocycles. The molecule has 0 aliphatic heterocycles. The normalized spacial score (nSPS) is 11.4. The number of nitrogens with zero attached hydrogens (tertiary/aromatic N) is 3. The van der Waals surface area contributed by atoms with E-state index in [1.807, 2.05) is 44.2 Å². The number of hydrogen-bond acceptors (Lipinski definition) is 5. The van der Waals surface area contributed by atoms with Crippen molar-refractivity contribution < 1.29 is 4.79 Å². The Labute approximate surface area is 128 Å². The van der Waals surface area contributed by atoms with E-state index in [-0.39, 0.29) is 5.91 Å². The van der Waals surface area contributed by atoms with Crippen molar-refractivity contribution in [2.24, 2.45) is 12.5 Å². The van der Waals surface area contributed by atoms with Gasteiger partial charge in [0.25, 0.3) is 0 Å². The molecule has 0 radical (unpaired) electrons. The molecule has 0 saturated heterocycles. The molecule has 1 heterocycles. The van der Waals surface area contributed by atoms with E-state index in [0.717, 1.165) is 5.69 Å². The van der Waals surface area contributed by atoms with Gasteiger partial charge in [0.15, 0.2) is 5.16 Å². The Morgan fingerprint density at radius 1 is 1.33 bits per heavy atom. The fraction of sp³-hybridized carbons (Fsp3) is 0.357. The third-order valence-corrected chi connectivity index (χ3v) is 4.56. The Morgan fingerprint density at radius 3 is 2.57 bits per heavy atom. The molecule has 1 amide bonds. The highest BCUT2D eigenvalue weighted by Crippen LogP contribution is 2.28. The number of anilines is 2. The van der Waals surface area contributed by atoms with Crippen molar-refractivity contribution in [1.29, 1.82) is 0 Å². The van der Waals surface area contributed by atoms with Crippen LogP contribution in [0.25, 0.3) is 0 Å². The highest BCUT2D eigenvalue weighted by Gasteiger charge is 2.28. The van der Waals surface area contributed by atoms with Gasteiger partial charge in [-0.3, -0.25) is 9.36 Å². The Bertz CT molecular complexity index is 624. The van der Waals surface area contributed by atoms with Crippen molar-refractivity contribution in [3.05, 3.63) is 30.3 Å². The molecule has 3 N–H and O–H groups in total. The van der Waals surface area contributed by atoms with Crippen molar-refractivity contribution in [3.63, 3.8) is 0 Å². The summed E-state index contributed by atoms with van der Waals surface area (Å²) < 4.78 is 1.70. The molecule has 21 heavy (non-hydrogen) atoms. The summed E-state index contributed by atoms with van der Waals surface area (Å²) in [7, 11) is 1.80. The number of nitrogen functional groups attached to an aromatic ring is 1. The maximum absolute atomic E-state index is 12.4. The number of thioether (sulfide) groups is 1. The van der Waals surface area contributed by atoms with E-state index in [0.29, 0.717) is 16.9 Å². The third kappa shape index (κ3) is 3.75. The number of nitrogens with one attached hydrogen (secondary N) is 1. The molecule has 7 heteroatoms. The van der Waals surface area contributed by atoms with Crippen molar-refractivity contribution in [2.75, 3.05) is 16.8 Å². The standard InChI is InChI=1S/C14H19N5OS/c1-14(2,9-21-13-18-17-12(15)19(13)3)11(20)16-10-7-5-4-6-8-10/h4-8H,9H2,1-3H3,(H2,15,17)(H,16,20). The summed E-state index contributed by atoms with van der Waals surface area (Å²) in [5.41, 5.74) is 5.89. The summed E-state index contributed by atoms with van der Waals surface area (Å²) in [5.74, 6) is 0.915. The van der Waals surface area contributed by atoms with E-state index in [4.69, 9.17) is 5.73 Å².